The van der Waals surface area contributed by atoms with Crippen LogP contribution < -0.4 is 0 Å². The molecule has 0 aliphatic heterocycles. The van der Waals surface area contributed by atoms with Gasteiger partial charge in [-0.25, -0.2) is 49.8 Å². The first-order valence-electron chi connectivity index (χ1n) is 48.9. The van der Waals surface area contributed by atoms with Gasteiger partial charge >= 0.3 is 0 Å². The van der Waals surface area contributed by atoms with Gasteiger partial charge in [0.15, 0.2) is 29.1 Å². The van der Waals surface area contributed by atoms with Gasteiger partial charge in [-0.15, -0.1) is 34.0 Å². The molecule has 0 fully saturated rings. The van der Waals surface area contributed by atoms with Crippen LogP contribution in [0.15, 0.2) is 522 Å². The Morgan fingerprint density at radius 1 is 0.136 bits per heavy atom. The largest absolute Gasteiger partial charge is 0.236 e. The standard InChI is InChI=1S/C46H30N2S.2C44H28N4S/c1-4-13-31(14-5-1)34-23-25-35(26-24-34)45-47-44(43-41-21-10-11-22-42(41)49-46(43)48-45)37-20-12-19-36(27-37)40-29-38(32-15-6-2-7-16-32)28-39(30-40)33-17-8-3-9-18-33;1-4-13-29(14-5-1)30-23-25-33(26-24-30)43-47-41(39-36-21-10-11-22-38(36)49-44(39)48-43)35-20-12-19-34(27-35)37-28-45-42(32-17-8-3-9-18-32)46-40(37)31-15-6-2-7-16-31;1-4-13-29(14-5-1)30-23-25-33(26-24-30)42-47-41(40-36-21-10-11-22-39(36)49-44(40)48-42)34-19-12-20-35(27-34)43-45-37(31-15-6-2-7-16-31)28-38(46-43)32-17-8-3-9-18-32/h1-30H;2*1-28H. The fraction of sp³-hybridized carbons (Fsp3) is 0. The van der Waals surface area contributed by atoms with E-state index in [-0.39, 0.29) is 0 Å². The minimum absolute atomic E-state index is 0.666. The lowest BCUT2D eigenvalue weighted by Gasteiger charge is -2.13. The van der Waals surface area contributed by atoms with Crippen molar-refractivity contribution in [2.24, 2.45) is 0 Å². The molecule has 0 radical (unpaired) electrons. The molecule has 8 heterocycles. The van der Waals surface area contributed by atoms with E-state index in [1.807, 2.05) is 109 Å². The van der Waals surface area contributed by atoms with Gasteiger partial charge in [0, 0.05) is 119 Å². The van der Waals surface area contributed by atoms with Crippen LogP contribution in [0.2, 0.25) is 0 Å². The van der Waals surface area contributed by atoms with Crippen molar-refractivity contribution in [3.63, 3.8) is 0 Å². The van der Waals surface area contributed by atoms with Crippen molar-refractivity contribution in [2.45, 2.75) is 0 Å². The molecule has 27 aromatic rings. The van der Waals surface area contributed by atoms with E-state index < -0.39 is 0 Å². The molecule has 0 spiro atoms. The number of fused-ring (bicyclic) bond motifs is 9. The zero-order valence-corrected chi connectivity index (χ0v) is 81.8. The second-order valence-electron chi connectivity index (χ2n) is 36.0. The second-order valence-corrected chi connectivity index (χ2v) is 39.1. The quantitative estimate of drug-likeness (QED) is 0.0819. The summed E-state index contributed by atoms with van der Waals surface area (Å²) in [6.45, 7) is 0. The van der Waals surface area contributed by atoms with Crippen molar-refractivity contribution in [2.75, 3.05) is 0 Å². The van der Waals surface area contributed by atoms with Crippen LogP contribution in [-0.4, -0.2) is 49.8 Å². The Bertz CT molecular complexity index is 9000. The van der Waals surface area contributed by atoms with Crippen molar-refractivity contribution >= 4 is 94.9 Å². The number of aromatic nitrogens is 10. The first-order valence-corrected chi connectivity index (χ1v) is 51.4. The Labute approximate surface area is 862 Å². The lowest BCUT2D eigenvalue weighted by atomic mass is 9.92. The Hall–Kier alpha value is -18.8. The van der Waals surface area contributed by atoms with E-state index in [0.29, 0.717) is 23.3 Å². The van der Waals surface area contributed by atoms with Gasteiger partial charge in [0.1, 0.15) is 14.5 Å². The fourth-order valence-electron chi connectivity index (χ4n) is 19.3. The van der Waals surface area contributed by atoms with E-state index in [9.17, 15) is 0 Å². The molecule has 0 atom stereocenters. The molecule has 0 saturated heterocycles. The minimum Gasteiger partial charge on any atom is -0.236 e. The summed E-state index contributed by atoms with van der Waals surface area (Å²) in [5, 5.41) is 6.74. The van der Waals surface area contributed by atoms with E-state index in [2.05, 4.69) is 413 Å². The van der Waals surface area contributed by atoms with Gasteiger partial charge < -0.3 is 0 Å². The topological polar surface area (TPSA) is 129 Å². The molecular formula is C134H86N10S3. The van der Waals surface area contributed by atoms with Crippen LogP contribution in [0.3, 0.4) is 0 Å². The number of thiophene rings is 3. The van der Waals surface area contributed by atoms with Gasteiger partial charge in [0.25, 0.3) is 0 Å². The third kappa shape index (κ3) is 18.6. The molecule has 0 aliphatic rings. The number of benzene rings is 19. The lowest BCUT2D eigenvalue weighted by Crippen LogP contribution is -1.97. The summed E-state index contributed by atoms with van der Waals surface area (Å²) in [5.74, 6) is 3.51. The number of hydrogen-bond donors (Lipinski definition) is 0. The summed E-state index contributed by atoms with van der Waals surface area (Å²) in [6.07, 6.45) is 1.95. The molecule has 0 aliphatic carbocycles. The van der Waals surface area contributed by atoms with Crippen LogP contribution in [0.25, 0.3) is 263 Å². The molecule has 0 unspecified atom stereocenters. The molecule has 690 valence electrons. The zero-order chi connectivity index (χ0) is 97.7. The van der Waals surface area contributed by atoms with Crippen LogP contribution in [0.4, 0.5) is 0 Å². The van der Waals surface area contributed by atoms with Gasteiger partial charge in [-0.1, -0.05) is 455 Å². The Morgan fingerprint density at radius 3 is 0.728 bits per heavy atom. The predicted molar refractivity (Wildman–Crippen MR) is 614 cm³/mol. The maximum Gasteiger partial charge on any atom is 0.161 e. The summed E-state index contributed by atoms with van der Waals surface area (Å²) >= 11 is 5.14. The molecule has 19 aromatic carbocycles. The van der Waals surface area contributed by atoms with Gasteiger partial charge in [0.05, 0.1) is 34.2 Å². The minimum atomic E-state index is 0.666. The molecule has 10 nitrogen and oxygen atoms in total. The Morgan fingerprint density at radius 2 is 0.367 bits per heavy atom. The highest BCUT2D eigenvalue weighted by Gasteiger charge is 2.25. The molecule has 8 aromatic heterocycles. The molecular weight excluding hydrogens is 1850 g/mol. The number of rotatable bonds is 18. The fourth-order valence-corrected chi connectivity index (χ4v) is 22.5. The van der Waals surface area contributed by atoms with Crippen molar-refractivity contribution in [1.29, 1.82) is 0 Å². The monoisotopic (exact) mass is 1930 g/mol. The zero-order valence-electron chi connectivity index (χ0n) is 79.3. The molecule has 0 saturated carbocycles. The van der Waals surface area contributed by atoms with Crippen LogP contribution in [0.1, 0.15) is 0 Å². The Balaban J connectivity index is 0.000000115. The second kappa shape index (κ2) is 40.3. The SMILES string of the molecule is c1ccc(-c2ccc(-c3nc(-c4cccc(-c5cc(-c6ccccc6)cc(-c6ccccc6)c5)c4)c4c(n3)sc3ccccc34)cc2)cc1.c1ccc(-c2ccc(-c3nc(-c4cccc(-c5cnc(-c6ccccc6)nc5-c5ccccc5)c4)c4c(n3)sc3ccccc34)cc2)cc1.c1ccc(-c2ccc(-c3nc(-c4cccc(-c5nc(-c6ccccc6)cc(-c6ccccc6)n5)c4)c4c(n3)sc3ccccc34)cc2)cc1. The summed E-state index contributed by atoms with van der Waals surface area (Å²) in [7, 11) is 0. The number of hydrogen-bond acceptors (Lipinski definition) is 13. The van der Waals surface area contributed by atoms with Gasteiger partial charge in [-0.3, -0.25) is 0 Å². The summed E-state index contributed by atoms with van der Waals surface area (Å²) in [4.78, 5) is 54.4. The van der Waals surface area contributed by atoms with Crippen LogP contribution in [0.5, 0.6) is 0 Å². The van der Waals surface area contributed by atoms with Crippen molar-refractivity contribution in [3.05, 3.63) is 522 Å². The smallest absolute Gasteiger partial charge is 0.161 e. The highest BCUT2D eigenvalue weighted by Crippen LogP contribution is 2.47. The van der Waals surface area contributed by atoms with Gasteiger partial charge in [0.2, 0.25) is 0 Å². The first-order chi connectivity index (χ1) is 72.8. The van der Waals surface area contributed by atoms with E-state index in [1.165, 1.54) is 69.6 Å². The van der Waals surface area contributed by atoms with E-state index in [0.717, 1.165) is 170 Å². The van der Waals surface area contributed by atoms with Crippen molar-refractivity contribution in [3.8, 4) is 202 Å². The average molecular weight is 1930 g/mol. The third-order valence-corrected chi connectivity index (χ3v) is 29.9. The van der Waals surface area contributed by atoms with E-state index in [4.69, 9.17) is 49.8 Å². The Kier molecular flexibility index (Phi) is 24.6. The van der Waals surface area contributed by atoms with Crippen LogP contribution in [0, 0.1) is 0 Å². The highest BCUT2D eigenvalue weighted by atomic mass is 32.1. The summed E-state index contributed by atoms with van der Waals surface area (Å²) in [6, 6.07) is 180. The number of nitrogens with zero attached hydrogens (tertiary/aromatic N) is 10. The highest BCUT2D eigenvalue weighted by molar-refractivity contribution is 7.26. The average Bonchev–Trinajstić information content (AvgIpc) is 1.57. The van der Waals surface area contributed by atoms with E-state index in [1.54, 1.807) is 34.0 Å². The maximum absolute atomic E-state index is 5.33. The molecule has 147 heavy (non-hydrogen) atoms. The molecule has 27 rings (SSSR count). The van der Waals surface area contributed by atoms with Gasteiger partial charge in [-0.05, 0) is 133 Å². The molecule has 0 N–H and O–H groups in total. The van der Waals surface area contributed by atoms with E-state index >= 15 is 0 Å². The summed E-state index contributed by atoms with van der Waals surface area (Å²) in [5.41, 5.74) is 32.6. The first kappa shape index (κ1) is 89.6. The summed E-state index contributed by atoms with van der Waals surface area (Å²) < 4.78 is 3.59. The molecule has 13 heteroatoms. The molecule has 0 amide bonds. The maximum atomic E-state index is 5.33. The lowest BCUT2D eigenvalue weighted by molar-refractivity contribution is 1.18. The third-order valence-electron chi connectivity index (χ3n) is 26.7. The van der Waals surface area contributed by atoms with Crippen LogP contribution in [-0.2, 0) is 0 Å². The van der Waals surface area contributed by atoms with Gasteiger partial charge in [-0.2, -0.15) is 0 Å². The van der Waals surface area contributed by atoms with Crippen molar-refractivity contribution in [1.82, 2.24) is 49.8 Å². The predicted octanol–water partition coefficient (Wildman–Crippen LogP) is 36.1. The van der Waals surface area contributed by atoms with Crippen molar-refractivity contribution < 1.29 is 0 Å². The molecule has 0 bridgehead atoms. The normalized spacial score (nSPS) is 11.3. The van der Waals surface area contributed by atoms with Crippen LogP contribution >= 0.6 is 34.0 Å².